The molecule has 0 aliphatic carbocycles. The van der Waals surface area contributed by atoms with E-state index in [9.17, 15) is 4.21 Å². The predicted octanol–water partition coefficient (Wildman–Crippen LogP) is 3.74. The molecule has 0 radical (unpaired) electrons. The third-order valence-electron chi connectivity index (χ3n) is 3.51. The fourth-order valence-electron chi connectivity index (χ4n) is 2.45. The third-order valence-corrected chi connectivity index (χ3v) is 7.21. The average Bonchev–Trinajstić information content (AvgIpc) is 3.19. The highest BCUT2D eigenvalue weighted by Crippen LogP contribution is 2.34. The van der Waals surface area contributed by atoms with Crippen LogP contribution in [0.2, 0.25) is 0 Å². The normalized spacial score (nSPS) is 17.0. The van der Waals surface area contributed by atoms with Crippen LogP contribution in [0.15, 0.2) is 50.4 Å². The molecule has 1 aliphatic rings. The summed E-state index contributed by atoms with van der Waals surface area (Å²) in [5.41, 5.74) is 0. The van der Waals surface area contributed by atoms with Crippen LogP contribution in [0.25, 0.3) is 0 Å². The molecule has 1 N–H and O–H groups in total. The molecular weight excluding hydrogens is 332 g/mol. The molecule has 118 valence electrons. The highest BCUT2D eigenvalue weighted by Gasteiger charge is 2.19. The van der Waals surface area contributed by atoms with E-state index < -0.39 is 11.0 Å². The fourth-order valence-corrected chi connectivity index (χ4v) is 6.06. The van der Waals surface area contributed by atoms with Crippen molar-refractivity contribution in [2.45, 2.75) is 33.4 Å². The van der Waals surface area contributed by atoms with Crippen molar-refractivity contribution in [2.75, 3.05) is 20.1 Å². The van der Waals surface area contributed by atoms with E-state index in [1.807, 2.05) is 19.2 Å². The lowest BCUT2D eigenvalue weighted by molar-refractivity contribution is 0.535. The van der Waals surface area contributed by atoms with Gasteiger partial charge in [0.2, 0.25) is 0 Å². The smallest absolute Gasteiger partial charge is 0.127 e. The minimum atomic E-state index is -1.01. The Morgan fingerprint density at radius 1 is 1.27 bits per heavy atom. The minimum Gasteiger partial charge on any atom is -0.315 e. The van der Waals surface area contributed by atoms with E-state index in [2.05, 4.69) is 33.9 Å². The van der Waals surface area contributed by atoms with Crippen molar-refractivity contribution < 1.29 is 4.21 Å². The maximum absolute atomic E-state index is 12.6. The largest absolute Gasteiger partial charge is 0.315 e. The molecule has 22 heavy (non-hydrogen) atoms. The first-order chi connectivity index (χ1) is 10.8. The third kappa shape index (κ3) is 4.00. The Kier molecular flexibility index (Phi) is 5.71. The maximum atomic E-state index is 12.6. The Bertz CT molecular complexity index is 650. The zero-order valence-electron chi connectivity index (χ0n) is 12.6. The summed E-state index contributed by atoms with van der Waals surface area (Å²) in [6.07, 6.45) is 2.31. The molecule has 3 nitrogen and oxygen atoms in total. The summed E-state index contributed by atoms with van der Waals surface area (Å²) in [7, 11) is 0.951. The lowest BCUT2D eigenvalue weighted by Crippen LogP contribution is -2.21. The van der Waals surface area contributed by atoms with E-state index in [-0.39, 0.29) is 0 Å². The van der Waals surface area contributed by atoms with Crippen LogP contribution < -0.4 is 5.32 Å². The molecule has 1 aromatic carbocycles. The van der Waals surface area contributed by atoms with E-state index >= 15 is 0 Å². The van der Waals surface area contributed by atoms with Gasteiger partial charge < -0.3 is 5.32 Å². The topological polar surface area (TPSA) is 32.3 Å². The molecule has 2 heterocycles. The zero-order valence-corrected chi connectivity index (χ0v) is 15.0. The SMILES string of the molecule is CNCc1ccc(Sc2cccc(S(=O)N3CCCC3)c2)s1. The highest BCUT2D eigenvalue weighted by atomic mass is 32.2. The van der Waals surface area contributed by atoms with Crippen LogP contribution in [-0.4, -0.2) is 28.7 Å². The van der Waals surface area contributed by atoms with Crippen LogP contribution in [0.3, 0.4) is 0 Å². The van der Waals surface area contributed by atoms with Crippen LogP contribution in [0.5, 0.6) is 0 Å². The van der Waals surface area contributed by atoms with Gasteiger partial charge in [-0.15, -0.1) is 11.3 Å². The second-order valence-electron chi connectivity index (χ2n) is 5.21. The van der Waals surface area contributed by atoms with Crippen molar-refractivity contribution in [1.82, 2.24) is 9.62 Å². The molecule has 2 aromatic rings. The lowest BCUT2D eigenvalue weighted by Gasteiger charge is -2.14. The molecule has 0 bridgehead atoms. The Morgan fingerprint density at radius 2 is 2.09 bits per heavy atom. The van der Waals surface area contributed by atoms with Crippen molar-refractivity contribution in [3.63, 3.8) is 0 Å². The molecule has 6 heteroatoms. The maximum Gasteiger partial charge on any atom is 0.127 e. The highest BCUT2D eigenvalue weighted by molar-refractivity contribution is 8.01. The van der Waals surface area contributed by atoms with Gasteiger partial charge in [0.05, 0.1) is 9.10 Å². The van der Waals surface area contributed by atoms with Crippen LogP contribution in [0.1, 0.15) is 17.7 Å². The Balaban J connectivity index is 1.71. The van der Waals surface area contributed by atoms with Gasteiger partial charge in [0.15, 0.2) is 0 Å². The molecule has 0 amide bonds. The molecule has 0 saturated carbocycles. The van der Waals surface area contributed by atoms with Crippen LogP contribution >= 0.6 is 23.1 Å². The van der Waals surface area contributed by atoms with Gasteiger partial charge in [-0.25, -0.2) is 8.51 Å². The number of thiophene rings is 1. The Morgan fingerprint density at radius 3 is 2.86 bits per heavy atom. The first-order valence-electron chi connectivity index (χ1n) is 7.44. The first kappa shape index (κ1) is 16.2. The van der Waals surface area contributed by atoms with E-state index in [1.165, 1.54) is 9.09 Å². The summed E-state index contributed by atoms with van der Waals surface area (Å²) >= 11 is 3.55. The molecule has 1 aromatic heterocycles. The number of hydrogen-bond acceptors (Lipinski definition) is 4. The summed E-state index contributed by atoms with van der Waals surface area (Å²) in [5.74, 6) is 0. The average molecular weight is 353 g/mol. The summed E-state index contributed by atoms with van der Waals surface area (Å²) in [5, 5.41) is 3.17. The minimum absolute atomic E-state index is 0.907. The summed E-state index contributed by atoms with van der Waals surface area (Å²) in [6, 6.07) is 12.5. The quantitative estimate of drug-likeness (QED) is 0.859. The van der Waals surface area contributed by atoms with Gasteiger partial charge in [0, 0.05) is 29.4 Å². The second-order valence-corrected chi connectivity index (χ2v) is 9.24. The van der Waals surface area contributed by atoms with Gasteiger partial charge >= 0.3 is 0 Å². The van der Waals surface area contributed by atoms with Gasteiger partial charge in [-0.1, -0.05) is 17.8 Å². The fraction of sp³-hybridized carbons (Fsp3) is 0.375. The van der Waals surface area contributed by atoms with Crippen molar-refractivity contribution in [3.05, 3.63) is 41.3 Å². The number of hydrogen-bond donors (Lipinski definition) is 1. The Hall–Kier alpha value is -0.660. The second kappa shape index (κ2) is 7.75. The molecule has 1 unspecified atom stereocenters. The van der Waals surface area contributed by atoms with E-state index in [1.54, 1.807) is 23.1 Å². The molecule has 1 saturated heterocycles. The van der Waals surface area contributed by atoms with Crippen LogP contribution in [0, 0.1) is 0 Å². The molecule has 1 atom stereocenters. The van der Waals surface area contributed by atoms with E-state index in [0.29, 0.717) is 0 Å². The first-order valence-corrected chi connectivity index (χ1v) is 10.2. The predicted molar refractivity (Wildman–Crippen MR) is 94.9 cm³/mol. The molecule has 1 fully saturated rings. The van der Waals surface area contributed by atoms with Gasteiger partial charge in [0.25, 0.3) is 0 Å². The van der Waals surface area contributed by atoms with E-state index in [4.69, 9.17) is 0 Å². The summed E-state index contributed by atoms with van der Waals surface area (Å²) in [4.78, 5) is 3.41. The van der Waals surface area contributed by atoms with Crippen molar-refractivity contribution in [2.24, 2.45) is 0 Å². The number of rotatable bonds is 6. The van der Waals surface area contributed by atoms with Crippen molar-refractivity contribution >= 4 is 34.1 Å². The molecule has 3 rings (SSSR count). The van der Waals surface area contributed by atoms with Crippen molar-refractivity contribution in [1.29, 1.82) is 0 Å². The molecular formula is C16H20N2OS3. The number of nitrogens with zero attached hydrogens (tertiary/aromatic N) is 1. The summed E-state index contributed by atoms with van der Waals surface area (Å²) < 4.78 is 15.9. The standard InChI is InChI=1S/C16H20N2OS3/c1-17-12-14-7-8-16(21-14)20-13-5-4-6-15(11-13)22(19)18-9-2-3-10-18/h4-8,11,17H,2-3,9-10,12H2,1H3. The molecule has 1 aliphatic heterocycles. The number of benzene rings is 1. The monoisotopic (exact) mass is 352 g/mol. The van der Waals surface area contributed by atoms with Crippen LogP contribution in [0.4, 0.5) is 0 Å². The summed E-state index contributed by atoms with van der Waals surface area (Å²) in [6.45, 7) is 2.80. The lowest BCUT2D eigenvalue weighted by atomic mass is 10.4. The van der Waals surface area contributed by atoms with Gasteiger partial charge in [-0.05, 0) is 50.2 Å². The Labute approximate surface area is 142 Å². The van der Waals surface area contributed by atoms with Gasteiger partial charge in [-0.3, -0.25) is 0 Å². The van der Waals surface area contributed by atoms with Gasteiger partial charge in [-0.2, -0.15) is 0 Å². The zero-order chi connectivity index (χ0) is 15.4. The van der Waals surface area contributed by atoms with Gasteiger partial charge in [0.1, 0.15) is 11.0 Å². The van der Waals surface area contributed by atoms with Crippen LogP contribution in [-0.2, 0) is 17.5 Å². The number of nitrogens with one attached hydrogen (secondary N) is 1. The van der Waals surface area contributed by atoms with Crippen molar-refractivity contribution in [3.8, 4) is 0 Å². The van der Waals surface area contributed by atoms with E-state index in [0.717, 1.165) is 42.3 Å². The molecule has 0 spiro atoms.